The number of aromatic nitrogens is 1. The number of esters is 1. The molecule has 0 fully saturated rings. The van der Waals surface area contributed by atoms with Crippen LogP contribution in [-0.2, 0) is 16.0 Å². The number of hydrogen-bond acceptors (Lipinski definition) is 4. The SMILES string of the molecule is CCOC(=O)Cc1cc(=O)c(C(F)F)c(N)[nH]1. The van der Waals surface area contributed by atoms with Crippen molar-refractivity contribution in [2.45, 2.75) is 19.8 Å². The van der Waals surface area contributed by atoms with Crippen molar-refractivity contribution in [1.29, 1.82) is 0 Å². The normalized spacial score (nSPS) is 10.6. The lowest BCUT2D eigenvalue weighted by molar-refractivity contribution is -0.142. The summed E-state index contributed by atoms with van der Waals surface area (Å²) in [7, 11) is 0. The van der Waals surface area contributed by atoms with Crippen molar-refractivity contribution in [2.75, 3.05) is 12.3 Å². The molecule has 0 spiro atoms. The molecule has 0 bridgehead atoms. The second-order valence-electron chi connectivity index (χ2n) is 3.27. The van der Waals surface area contributed by atoms with E-state index < -0.39 is 29.2 Å². The Morgan fingerprint density at radius 1 is 1.59 bits per heavy atom. The highest BCUT2D eigenvalue weighted by atomic mass is 19.3. The van der Waals surface area contributed by atoms with Gasteiger partial charge in [-0.25, -0.2) is 8.78 Å². The van der Waals surface area contributed by atoms with Gasteiger partial charge in [0.05, 0.1) is 13.0 Å². The van der Waals surface area contributed by atoms with Crippen LogP contribution < -0.4 is 11.2 Å². The molecule has 0 radical (unpaired) electrons. The van der Waals surface area contributed by atoms with E-state index in [0.29, 0.717) is 0 Å². The van der Waals surface area contributed by atoms with Crippen LogP contribution in [0, 0.1) is 0 Å². The summed E-state index contributed by atoms with van der Waals surface area (Å²) < 4.78 is 29.5. The van der Waals surface area contributed by atoms with Gasteiger partial charge in [-0.1, -0.05) is 0 Å². The molecule has 17 heavy (non-hydrogen) atoms. The molecule has 0 amide bonds. The van der Waals surface area contributed by atoms with Gasteiger partial charge in [0.1, 0.15) is 11.4 Å². The average molecular weight is 246 g/mol. The molecule has 1 aromatic heterocycles. The van der Waals surface area contributed by atoms with E-state index in [4.69, 9.17) is 5.73 Å². The number of anilines is 1. The third-order valence-electron chi connectivity index (χ3n) is 2.01. The molecule has 0 atom stereocenters. The maximum Gasteiger partial charge on any atom is 0.311 e. The highest BCUT2D eigenvalue weighted by Crippen LogP contribution is 2.19. The van der Waals surface area contributed by atoms with Crippen LogP contribution in [-0.4, -0.2) is 17.6 Å². The minimum Gasteiger partial charge on any atom is -0.466 e. The molecule has 1 rings (SSSR count). The smallest absolute Gasteiger partial charge is 0.311 e. The Morgan fingerprint density at radius 2 is 2.24 bits per heavy atom. The maximum absolute atomic E-state index is 12.4. The van der Waals surface area contributed by atoms with Crippen molar-refractivity contribution in [1.82, 2.24) is 4.98 Å². The zero-order valence-corrected chi connectivity index (χ0v) is 9.13. The number of aromatic amines is 1. The summed E-state index contributed by atoms with van der Waals surface area (Å²) in [6.45, 7) is 1.84. The van der Waals surface area contributed by atoms with E-state index in [1.165, 1.54) is 0 Å². The Bertz CT molecular complexity index is 471. The first kappa shape index (κ1) is 13.1. The summed E-state index contributed by atoms with van der Waals surface area (Å²) in [6.07, 6.45) is -3.16. The largest absolute Gasteiger partial charge is 0.466 e. The van der Waals surface area contributed by atoms with Gasteiger partial charge in [0.2, 0.25) is 0 Å². The maximum atomic E-state index is 12.4. The molecule has 1 heterocycles. The topological polar surface area (TPSA) is 85.2 Å². The van der Waals surface area contributed by atoms with Gasteiger partial charge in [-0.3, -0.25) is 9.59 Å². The van der Waals surface area contributed by atoms with Gasteiger partial charge in [0.25, 0.3) is 6.43 Å². The average Bonchev–Trinajstić information content (AvgIpc) is 2.15. The lowest BCUT2D eigenvalue weighted by atomic mass is 10.2. The van der Waals surface area contributed by atoms with Crippen LogP contribution in [0.4, 0.5) is 14.6 Å². The molecular formula is C10H12F2N2O3. The van der Waals surface area contributed by atoms with Crippen molar-refractivity contribution in [2.24, 2.45) is 0 Å². The molecule has 94 valence electrons. The van der Waals surface area contributed by atoms with Crippen molar-refractivity contribution in [3.63, 3.8) is 0 Å². The number of ether oxygens (including phenoxy) is 1. The third kappa shape index (κ3) is 3.27. The van der Waals surface area contributed by atoms with Crippen LogP contribution in [0.25, 0.3) is 0 Å². The first-order valence-electron chi connectivity index (χ1n) is 4.91. The molecule has 0 aliphatic rings. The molecule has 0 unspecified atom stereocenters. The molecule has 3 N–H and O–H groups in total. The molecule has 5 nitrogen and oxygen atoms in total. The fourth-order valence-electron chi connectivity index (χ4n) is 1.33. The van der Waals surface area contributed by atoms with Crippen molar-refractivity contribution in [3.05, 3.63) is 27.5 Å². The molecule has 0 aliphatic carbocycles. The van der Waals surface area contributed by atoms with E-state index in [0.717, 1.165) is 6.07 Å². The van der Waals surface area contributed by atoms with Crippen molar-refractivity contribution >= 4 is 11.8 Å². The molecule has 0 aromatic carbocycles. The number of carbonyl (C=O) groups excluding carboxylic acids is 1. The number of pyridine rings is 1. The van der Waals surface area contributed by atoms with E-state index in [2.05, 4.69) is 9.72 Å². The van der Waals surface area contributed by atoms with Gasteiger partial charge in [-0.2, -0.15) is 0 Å². The summed E-state index contributed by atoms with van der Waals surface area (Å²) in [4.78, 5) is 24.8. The van der Waals surface area contributed by atoms with Gasteiger partial charge < -0.3 is 15.5 Å². The standard InChI is InChI=1S/C10H12F2N2O3/c1-2-17-7(16)4-5-3-6(15)8(9(11)12)10(13)14-5/h3,9H,2,4H2,1H3,(H3,13,14,15). The van der Waals surface area contributed by atoms with E-state index >= 15 is 0 Å². The fraction of sp³-hybridized carbons (Fsp3) is 0.400. The Kier molecular flexibility index (Phi) is 4.19. The van der Waals surface area contributed by atoms with E-state index in [1.807, 2.05) is 0 Å². The lowest BCUT2D eigenvalue weighted by Crippen LogP contribution is -2.18. The van der Waals surface area contributed by atoms with Gasteiger partial charge in [0.15, 0.2) is 5.43 Å². The van der Waals surface area contributed by atoms with Crippen LogP contribution in [0.15, 0.2) is 10.9 Å². The van der Waals surface area contributed by atoms with E-state index in [1.54, 1.807) is 6.92 Å². The molecule has 0 saturated carbocycles. The Labute approximate surface area is 95.6 Å². The van der Waals surface area contributed by atoms with Gasteiger partial charge in [-0.15, -0.1) is 0 Å². The van der Waals surface area contributed by atoms with Crippen molar-refractivity contribution in [3.8, 4) is 0 Å². The minimum atomic E-state index is -2.95. The van der Waals surface area contributed by atoms with Gasteiger partial charge in [-0.05, 0) is 6.92 Å². The summed E-state index contributed by atoms with van der Waals surface area (Å²) in [5, 5.41) is 0. The number of halogens is 2. The first-order chi connectivity index (χ1) is 7.95. The predicted molar refractivity (Wildman–Crippen MR) is 56.8 cm³/mol. The van der Waals surface area contributed by atoms with Crippen LogP contribution in [0.2, 0.25) is 0 Å². The number of H-pyrrole nitrogens is 1. The highest BCUT2D eigenvalue weighted by Gasteiger charge is 2.17. The van der Waals surface area contributed by atoms with Crippen LogP contribution in [0.5, 0.6) is 0 Å². The quantitative estimate of drug-likeness (QED) is 0.776. The van der Waals surface area contributed by atoms with Crippen LogP contribution >= 0.6 is 0 Å². The number of nitrogens with two attached hydrogens (primary N) is 1. The number of carbonyl (C=O) groups is 1. The number of nitrogen functional groups attached to an aromatic ring is 1. The first-order valence-corrected chi connectivity index (χ1v) is 4.91. The number of alkyl halides is 2. The van der Waals surface area contributed by atoms with Crippen molar-refractivity contribution < 1.29 is 18.3 Å². The molecule has 0 aliphatic heterocycles. The van der Waals surface area contributed by atoms with Gasteiger partial charge in [0, 0.05) is 11.8 Å². The summed E-state index contributed by atoms with van der Waals surface area (Å²) in [6, 6.07) is 0.925. The zero-order chi connectivity index (χ0) is 13.0. The second-order valence-corrected chi connectivity index (χ2v) is 3.27. The summed E-state index contributed by atoms with van der Waals surface area (Å²) >= 11 is 0. The Balaban J connectivity index is 2.99. The highest BCUT2D eigenvalue weighted by molar-refractivity contribution is 5.72. The third-order valence-corrected chi connectivity index (χ3v) is 2.01. The van der Waals surface area contributed by atoms with Crippen LogP contribution in [0.1, 0.15) is 24.6 Å². The number of hydrogen-bond donors (Lipinski definition) is 2. The zero-order valence-electron chi connectivity index (χ0n) is 9.13. The monoisotopic (exact) mass is 246 g/mol. The number of nitrogens with one attached hydrogen (secondary N) is 1. The predicted octanol–water partition coefficient (Wildman–Crippen LogP) is 1.00. The Hall–Kier alpha value is -1.92. The fourth-order valence-corrected chi connectivity index (χ4v) is 1.33. The second kappa shape index (κ2) is 5.42. The van der Waals surface area contributed by atoms with Crippen LogP contribution in [0.3, 0.4) is 0 Å². The minimum absolute atomic E-state index is 0.148. The Morgan fingerprint density at radius 3 is 2.71 bits per heavy atom. The molecule has 0 saturated heterocycles. The summed E-state index contributed by atoms with van der Waals surface area (Å²) in [5.41, 5.74) is 3.76. The van der Waals surface area contributed by atoms with E-state index in [9.17, 15) is 18.4 Å². The molecule has 1 aromatic rings. The molecular weight excluding hydrogens is 234 g/mol. The molecule has 7 heteroatoms. The van der Waals surface area contributed by atoms with Gasteiger partial charge >= 0.3 is 5.97 Å². The van der Waals surface area contributed by atoms with E-state index in [-0.39, 0.29) is 18.7 Å². The number of rotatable bonds is 4. The lowest BCUT2D eigenvalue weighted by Gasteiger charge is -2.07. The summed E-state index contributed by atoms with van der Waals surface area (Å²) in [5.74, 6) is -0.987.